The molecule has 1 aromatic rings. The van der Waals surface area contributed by atoms with Gasteiger partial charge in [-0.1, -0.05) is 32.9 Å². The van der Waals surface area contributed by atoms with Gasteiger partial charge in [-0.2, -0.15) is 0 Å². The van der Waals surface area contributed by atoms with Gasteiger partial charge in [-0.15, -0.1) is 12.3 Å². The van der Waals surface area contributed by atoms with Gasteiger partial charge in [0.1, 0.15) is 11.6 Å². The van der Waals surface area contributed by atoms with Gasteiger partial charge in [0.25, 0.3) is 0 Å². The molecule has 27 heavy (non-hydrogen) atoms. The fourth-order valence-corrected chi connectivity index (χ4v) is 2.73. The molecule has 0 aliphatic heterocycles. The first kappa shape index (κ1) is 22.8. The summed E-state index contributed by atoms with van der Waals surface area (Å²) in [5, 5.41) is 6.46. The molecule has 1 atom stereocenters. The molecule has 0 spiro atoms. The Labute approximate surface area is 163 Å². The predicted octanol–water partition coefficient (Wildman–Crippen LogP) is 6.03. The van der Waals surface area contributed by atoms with Gasteiger partial charge in [0, 0.05) is 36.5 Å². The standard InChI is InChI=1S/C23H32F2N2/c1-5-6-8-13-22(27-23-15-20(24)14-21(25)16-23)17-26-19(4)12-10-7-9-11-18(2)3/h1,10,12,14-16,18,22,26-27H,4,6-9,11,13,17H2,2-3H3/b12-10+. The van der Waals surface area contributed by atoms with Crippen LogP contribution in [0.3, 0.4) is 0 Å². The van der Waals surface area contributed by atoms with Crippen LogP contribution in [-0.2, 0) is 0 Å². The molecule has 0 heterocycles. The SMILES string of the molecule is C#CCCCC(CNC(=C)/C=C/CCCC(C)C)Nc1cc(F)cc(F)c1. The third-order valence-corrected chi connectivity index (χ3v) is 4.15. The summed E-state index contributed by atoms with van der Waals surface area (Å²) in [4.78, 5) is 0. The molecule has 2 nitrogen and oxygen atoms in total. The summed E-state index contributed by atoms with van der Waals surface area (Å²) in [6, 6.07) is 3.44. The highest BCUT2D eigenvalue weighted by Gasteiger charge is 2.10. The zero-order valence-electron chi connectivity index (χ0n) is 16.5. The fraction of sp³-hybridized carbons (Fsp3) is 0.478. The molecule has 0 fully saturated rings. The van der Waals surface area contributed by atoms with Crippen LogP contribution in [0, 0.1) is 29.9 Å². The van der Waals surface area contributed by atoms with Gasteiger partial charge in [0.15, 0.2) is 0 Å². The second-order valence-electron chi connectivity index (χ2n) is 7.23. The third-order valence-electron chi connectivity index (χ3n) is 4.15. The maximum atomic E-state index is 13.4. The second kappa shape index (κ2) is 13.0. The highest BCUT2D eigenvalue weighted by atomic mass is 19.1. The van der Waals surface area contributed by atoms with Crippen molar-refractivity contribution in [1.82, 2.24) is 5.32 Å². The number of halogens is 2. The maximum absolute atomic E-state index is 13.4. The minimum absolute atomic E-state index is 0.00867. The normalized spacial score (nSPS) is 12.1. The average molecular weight is 375 g/mol. The van der Waals surface area contributed by atoms with Gasteiger partial charge in [0.2, 0.25) is 0 Å². The van der Waals surface area contributed by atoms with Crippen LogP contribution < -0.4 is 10.6 Å². The Hall–Kier alpha value is -2.28. The quantitative estimate of drug-likeness (QED) is 0.250. The van der Waals surface area contributed by atoms with Gasteiger partial charge in [-0.3, -0.25) is 0 Å². The third kappa shape index (κ3) is 11.1. The van der Waals surface area contributed by atoms with Crippen molar-refractivity contribution in [2.45, 2.75) is 58.4 Å². The van der Waals surface area contributed by atoms with Crippen LogP contribution in [0.2, 0.25) is 0 Å². The number of unbranched alkanes of at least 4 members (excludes halogenated alkanes) is 2. The van der Waals surface area contributed by atoms with Gasteiger partial charge in [-0.05, 0) is 49.8 Å². The molecule has 148 valence electrons. The monoisotopic (exact) mass is 374 g/mol. The highest BCUT2D eigenvalue weighted by Crippen LogP contribution is 2.16. The van der Waals surface area contributed by atoms with Crippen LogP contribution in [0.15, 0.2) is 42.6 Å². The van der Waals surface area contributed by atoms with Gasteiger partial charge in [-0.25, -0.2) is 8.78 Å². The van der Waals surface area contributed by atoms with Crippen LogP contribution in [0.4, 0.5) is 14.5 Å². The molecule has 1 aromatic carbocycles. The first-order valence-corrected chi connectivity index (χ1v) is 9.66. The lowest BCUT2D eigenvalue weighted by atomic mass is 10.1. The van der Waals surface area contributed by atoms with E-state index in [0.717, 1.165) is 36.9 Å². The van der Waals surface area contributed by atoms with Gasteiger partial charge < -0.3 is 10.6 Å². The van der Waals surface area contributed by atoms with Crippen molar-refractivity contribution >= 4 is 5.69 Å². The predicted molar refractivity (Wildman–Crippen MR) is 111 cm³/mol. The average Bonchev–Trinajstić information content (AvgIpc) is 2.58. The molecule has 0 radical (unpaired) electrons. The number of hydrogen-bond acceptors (Lipinski definition) is 2. The van der Waals surface area contributed by atoms with E-state index in [0.29, 0.717) is 18.7 Å². The topological polar surface area (TPSA) is 24.1 Å². The molecule has 0 aliphatic rings. The Kier molecular flexibility index (Phi) is 10.9. The Balaban J connectivity index is 2.52. The summed E-state index contributed by atoms with van der Waals surface area (Å²) in [5.41, 5.74) is 1.25. The smallest absolute Gasteiger partial charge is 0.128 e. The Morgan fingerprint density at radius 2 is 1.89 bits per heavy atom. The van der Waals surface area contributed by atoms with Crippen molar-refractivity contribution in [2.24, 2.45) is 5.92 Å². The molecule has 1 rings (SSSR count). The largest absolute Gasteiger partial charge is 0.383 e. The van der Waals surface area contributed by atoms with Crippen molar-refractivity contribution in [1.29, 1.82) is 0 Å². The second-order valence-corrected chi connectivity index (χ2v) is 7.23. The van der Waals surface area contributed by atoms with E-state index in [9.17, 15) is 8.78 Å². The maximum Gasteiger partial charge on any atom is 0.128 e. The van der Waals surface area contributed by atoms with E-state index in [1.807, 2.05) is 6.08 Å². The summed E-state index contributed by atoms with van der Waals surface area (Å²) in [5.74, 6) is 2.15. The molecule has 1 unspecified atom stereocenters. The molecule has 0 aromatic heterocycles. The van der Waals surface area contributed by atoms with Crippen LogP contribution in [-0.4, -0.2) is 12.6 Å². The Morgan fingerprint density at radius 1 is 1.19 bits per heavy atom. The van der Waals surface area contributed by atoms with E-state index in [-0.39, 0.29) is 6.04 Å². The summed E-state index contributed by atoms with van der Waals surface area (Å²) in [7, 11) is 0. The lowest BCUT2D eigenvalue weighted by Gasteiger charge is -2.21. The molecule has 0 amide bonds. The molecule has 0 saturated heterocycles. The van der Waals surface area contributed by atoms with E-state index in [1.165, 1.54) is 25.0 Å². The number of hydrogen-bond donors (Lipinski definition) is 2. The molecule has 2 N–H and O–H groups in total. The van der Waals surface area contributed by atoms with Crippen molar-refractivity contribution in [3.63, 3.8) is 0 Å². The van der Waals surface area contributed by atoms with Crippen molar-refractivity contribution in [3.8, 4) is 12.3 Å². The summed E-state index contributed by atoms with van der Waals surface area (Å²) in [6.45, 7) is 9.06. The van der Waals surface area contributed by atoms with Gasteiger partial charge in [0.05, 0.1) is 0 Å². The first-order chi connectivity index (χ1) is 12.9. The van der Waals surface area contributed by atoms with E-state index in [1.54, 1.807) is 0 Å². The number of allylic oxidation sites excluding steroid dienone is 2. The zero-order chi connectivity index (χ0) is 20.1. The van der Waals surface area contributed by atoms with Crippen molar-refractivity contribution < 1.29 is 8.78 Å². The highest BCUT2D eigenvalue weighted by molar-refractivity contribution is 5.44. The molecule has 0 aliphatic carbocycles. The number of anilines is 1. The van der Waals surface area contributed by atoms with Crippen LogP contribution >= 0.6 is 0 Å². The summed E-state index contributed by atoms with van der Waals surface area (Å²) < 4.78 is 26.8. The minimum Gasteiger partial charge on any atom is -0.383 e. The minimum atomic E-state index is -0.596. The van der Waals surface area contributed by atoms with Crippen molar-refractivity contribution in [3.05, 3.63) is 54.3 Å². The Morgan fingerprint density at radius 3 is 2.52 bits per heavy atom. The molecular formula is C23H32F2N2. The van der Waals surface area contributed by atoms with Gasteiger partial charge >= 0.3 is 0 Å². The lowest BCUT2D eigenvalue weighted by Crippen LogP contribution is -2.32. The van der Waals surface area contributed by atoms with Crippen LogP contribution in [0.5, 0.6) is 0 Å². The first-order valence-electron chi connectivity index (χ1n) is 9.66. The number of nitrogens with one attached hydrogen (secondary N) is 2. The summed E-state index contributed by atoms with van der Waals surface area (Å²) in [6.07, 6.45) is 15.2. The number of benzene rings is 1. The van der Waals surface area contributed by atoms with E-state index in [2.05, 4.69) is 43.1 Å². The number of rotatable bonds is 13. The molecule has 4 heteroatoms. The van der Waals surface area contributed by atoms with E-state index >= 15 is 0 Å². The van der Waals surface area contributed by atoms with E-state index < -0.39 is 11.6 Å². The molecule has 0 bridgehead atoms. The lowest BCUT2D eigenvalue weighted by molar-refractivity contribution is 0.559. The molecule has 0 saturated carbocycles. The summed E-state index contributed by atoms with van der Waals surface area (Å²) >= 11 is 0. The van der Waals surface area contributed by atoms with Crippen LogP contribution in [0.25, 0.3) is 0 Å². The Bertz CT molecular complexity index is 624. The van der Waals surface area contributed by atoms with Crippen molar-refractivity contribution in [2.75, 3.05) is 11.9 Å². The zero-order valence-corrected chi connectivity index (χ0v) is 16.5. The van der Waals surface area contributed by atoms with Crippen LogP contribution in [0.1, 0.15) is 52.4 Å². The fourth-order valence-electron chi connectivity index (χ4n) is 2.73. The molecular weight excluding hydrogens is 342 g/mol. The van der Waals surface area contributed by atoms with E-state index in [4.69, 9.17) is 6.42 Å². The number of terminal acetylenes is 1.